The van der Waals surface area contributed by atoms with Crippen molar-refractivity contribution in [2.45, 2.75) is 6.04 Å². The maximum absolute atomic E-state index is 3.30. The van der Waals surface area contributed by atoms with Gasteiger partial charge in [-0.1, -0.05) is 6.07 Å². The Labute approximate surface area is 78.2 Å². The van der Waals surface area contributed by atoms with Crippen molar-refractivity contribution in [2.75, 3.05) is 27.7 Å². The highest BCUT2D eigenvalue weighted by Gasteiger charge is 2.09. The Morgan fingerprint density at radius 3 is 2.75 bits per heavy atom. The topological polar surface area (TPSA) is 15.3 Å². The van der Waals surface area contributed by atoms with Crippen LogP contribution in [0.2, 0.25) is 0 Å². The molecular weight excluding hydrogens is 168 g/mol. The molecule has 2 nitrogen and oxygen atoms in total. The summed E-state index contributed by atoms with van der Waals surface area (Å²) in [5.74, 6) is 0. The van der Waals surface area contributed by atoms with Crippen molar-refractivity contribution in [3.8, 4) is 0 Å². The van der Waals surface area contributed by atoms with Crippen molar-refractivity contribution in [2.24, 2.45) is 0 Å². The van der Waals surface area contributed by atoms with E-state index in [1.165, 1.54) is 4.88 Å². The highest BCUT2D eigenvalue weighted by Crippen LogP contribution is 2.18. The molecule has 0 bridgehead atoms. The van der Waals surface area contributed by atoms with E-state index in [9.17, 15) is 0 Å². The minimum absolute atomic E-state index is 0.472. The van der Waals surface area contributed by atoms with E-state index in [2.05, 4.69) is 41.8 Å². The summed E-state index contributed by atoms with van der Waals surface area (Å²) in [5.41, 5.74) is 0. The SMILES string of the molecule is CNC(CN(C)C)c1cccs1. The zero-order valence-electron chi connectivity index (χ0n) is 7.87. The van der Waals surface area contributed by atoms with E-state index in [0.717, 1.165) is 6.54 Å². The number of nitrogens with one attached hydrogen (secondary N) is 1. The van der Waals surface area contributed by atoms with Gasteiger partial charge < -0.3 is 10.2 Å². The molecule has 1 aromatic heterocycles. The van der Waals surface area contributed by atoms with Crippen LogP contribution in [0.1, 0.15) is 10.9 Å². The van der Waals surface area contributed by atoms with Crippen molar-refractivity contribution in [1.82, 2.24) is 10.2 Å². The van der Waals surface area contributed by atoms with Gasteiger partial charge in [-0.25, -0.2) is 0 Å². The van der Waals surface area contributed by atoms with E-state index in [4.69, 9.17) is 0 Å². The lowest BCUT2D eigenvalue weighted by molar-refractivity contribution is 0.355. The van der Waals surface area contributed by atoms with Crippen molar-refractivity contribution in [3.05, 3.63) is 22.4 Å². The summed E-state index contributed by atoms with van der Waals surface area (Å²) >= 11 is 1.81. The second-order valence-electron chi connectivity index (χ2n) is 3.12. The van der Waals surface area contributed by atoms with Gasteiger partial charge >= 0.3 is 0 Å². The fourth-order valence-corrected chi connectivity index (χ4v) is 2.01. The average Bonchev–Trinajstić information content (AvgIpc) is 2.51. The van der Waals surface area contributed by atoms with Crippen molar-refractivity contribution < 1.29 is 0 Å². The first-order valence-electron chi connectivity index (χ1n) is 4.09. The molecule has 0 aromatic carbocycles. The Kier molecular flexibility index (Phi) is 3.72. The van der Waals surface area contributed by atoms with Gasteiger partial charge in [-0.15, -0.1) is 11.3 Å². The van der Waals surface area contributed by atoms with Crippen molar-refractivity contribution in [1.29, 1.82) is 0 Å². The van der Waals surface area contributed by atoms with Gasteiger partial charge in [0.25, 0.3) is 0 Å². The lowest BCUT2D eigenvalue weighted by Crippen LogP contribution is -2.28. The molecule has 0 fully saturated rings. The predicted octanol–water partition coefficient (Wildman–Crippen LogP) is 1.57. The molecule has 0 saturated heterocycles. The third kappa shape index (κ3) is 2.59. The highest BCUT2D eigenvalue weighted by molar-refractivity contribution is 7.10. The first-order chi connectivity index (χ1) is 5.74. The molecule has 0 radical (unpaired) electrons. The monoisotopic (exact) mass is 184 g/mol. The summed E-state index contributed by atoms with van der Waals surface area (Å²) in [5, 5.41) is 5.42. The maximum Gasteiger partial charge on any atom is 0.0541 e. The molecule has 0 aliphatic heterocycles. The van der Waals surface area contributed by atoms with Crippen LogP contribution in [0.5, 0.6) is 0 Å². The maximum atomic E-state index is 3.30. The molecular formula is C9H16N2S. The van der Waals surface area contributed by atoms with Gasteiger partial charge in [0, 0.05) is 11.4 Å². The van der Waals surface area contributed by atoms with Gasteiger partial charge in [-0.3, -0.25) is 0 Å². The Balaban J connectivity index is 2.57. The van der Waals surface area contributed by atoms with Crippen LogP contribution >= 0.6 is 11.3 Å². The van der Waals surface area contributed by atoms with Gasteiger partial charge in [0.1, 0.15) is 0 Å². The van der Waals surface area contributed by atoms with Gasteiger partial charge in [-0.2, -0.15) is 0 Å². The predicted molar refractivity (Wildman–Crippen MR) is 54.7 cm³/mol. The van der Waals surface area contributed by atoms with Crippen LogP contribution in [-0.4, -0.2) is 32.6 Å². The summed E-state index contributed by atoms with van der Waals surface area (Å²) < 4.78 is 0. The van der Waals surface area contributed by atoms with Gasteiger partial charge in [0.2, 0.25) is 0 Å². The highest BCUT2D eigenvalue weighted by atomic mass is 32.1. The average molecular weight is 184 g/mol. The lowest BCUT2D eigenvalue weighted by Gasteiger charge is -2.18. The standard InChI is InChI=1S/C9H16N2S/c1-10-8(7-11(2)3)9-5-4-6-12-9/h4-6,8,10H,7H2,1-3H3. The minimum atomic E-state index is 0.472. The Bertz CT molecular complexity index is 206. The normalized spacial score (nSPS) is 13.7. The molecule has 1 N–H and O–H groups in total. The fraction of sp³-hybridized carbons (Fsp3) is 0.556. The van der Waals surface area contributed by atoms with Gasteiger partial charge in [0.15, 0.2) is 0 Å². The van der Waals surface area contributed by atoms with Crippen LogP contribution < -0.4 is 5.32 Å². The largest absolute Gasteiger partial charge is 0.311 e. The quantitative estimate of drug-likeness (QED) is 0.764. The number of rotatable bonds is 4. The van der Waals surface area contributed by atoms with E-state index < -0.39 is 0 Å². The molecule has 1 unspecified atom stereocenters. The van der Waals surface area contributed by atoms with Crippen LogP contribution in [0.4, 0.5) is 0 Å². The van der Waals surface area contributed by atoms with Crippen LogP contribution in [-0.2, 0) is 0 Å². The summed E-state index contributed by atoms with van der Waals surface area (Å²) in [4.78, 5) is 3.60. The second kappa shape index (κ2) is 4.60. The second-order valence-corrected chi connectivity index (χ2v) is 4.10. The molecule has 0 spiro atoms. The molecule has 0 amide bonds. The summed E-state index contributed by atoms with van der Waals surface area (Å²) in [6, 6.07) is 4.75. The molecule has 1 atom stereocenters. The van der Waals surface area contributed by atoms with Gasteiger partial charge in [0.05, 0.1) is 6.04 Å². The van der Waals surface area contributed by atoms with E-state index in [0.29, 0.717) is 6.04 Å². The summed E-state index contributed by atoms with van der Waals surface area (Å²) in [6.45, 7) is 1.05. The molecule has 0 aliphatic rings. The Morgan fingerprint density at radius 2 is 2.33 bits per heavy atom. The van der Waals surface area contributed by atoms with Crippen LogP contribution in [0.15, 0.2) is 17.5 Å². The van der Waals surface area contributed by atoms with Crippen molar-refractivity contribution in [3.63, 3.8) is 0 Å². The summed E-state index contributed by atoms with van der Waals surface area (Å²) in [6.07, 6.45) is 0. The van der Waals surface area contributed by atoms with E-state index in [1.54, 1.807) is 0 Å². The zero-order chi connectivity index (χ0) is 8.97. The van der Waals surface area contributed by atoms with Crippen LogP contribution in [0, 0.1) is 0 Å². The first kappa shape index (κ1) is 9.71. The molecule has 1 rings (SSSR count). The first-order valence-corrected chi connectivity index (χ1v) is 4.97. The number of likely N-dealkylation sites (N-methyl/N-ethyl adjacent to an activating group) is 2. The molecule has 1 aromatic rings. The Morgan fingerprint density at radius 1 is 1.58 bits per heavy atom. The molecule has 1 heterocycles. The lowest BCUT2D eigenvalue weighted by atomic mass is 10.2. The number of hydrogen-bond acceptors (Lipinski definition) is 3. The number of hydrogen-bond donors (Lipinski definition) is 1. The minimum Gasteiger partial charge on any atom is -0.311 e. The summed E-state index contributed by atoms with van der Waals surface area (Å²) in [7, 11) is 6.20. The number of thiophene rings is 1. The van der Waals surface area contributed by atoms with Crippen LogP contribution in [0.3, 0.4) is 0 Å². The fourth-order valence-electron chi connectivity index (χ4n) is 1.18. The number of nitrogens with zero attached hydrogens (tertiary/aromatic N) is 1. The smallest absolute Gasteiger partial charge is 0.0541 e. The molecule has 3 heteroatoms. The molecule has 0 aliphatic carbocycles. The molecule has 12 heavy (non-hydrogen) atoms. The van der Waals surface area contributed by atoms with E-state index in [1.807, 2.05) is 18.4 Å². The third-order valence-electron chi connectivity index (χ3n) is 1.78. The van der Waals surface area contributed by atoms with E-state index in [-0.39, 0.29) is 0 Å². The molecule has 0 saturated carbocycles. The third-order valence-corrected chi connectivity index (χ3v) is 2.77. The Hall–Kier alpha value is -0.380. The van der Waals surface area contributed by atoms with Crippen molar-refractivity contribution >= 4 is 11.3 Å². The van der Waals surface area contributed by atoms with E-state index >= 15 is 0 Å². The molecule has 68 valence electrons. The zero-order valence-corrected chi connectivity index (χ0v) is 8.69. The van der Waals surface area contributed by atoms with Gasteiger partial charge in [-0.05, 0) is 32.6 Å². The van der Waals surface area contributed by atoms with Crippen LogP contribution in [0.25, 0.3) is 0 Å².